The molecular formula is C32H38FN5O4S. The summed E-state index contributed by atoms with van der Waals surface area (Å²) in [4.78, 5) is 19.0. The summed E-state index contributed by atoms with van der Waals surface area (Å²) in [5.41, 5.74) is 2.64. The molecule has 228 valence electrons. The lowest BCUT2D eigenvalue weighted by molar-refractivity contribution is -0.115. The molecular weight excluding hydrogens is 569 g/mol. The summed E-state index contributed by atoms with van der Waals surface area (Å²) in [7, 11) is -3.91. The Balaban J connectivity index is 1.32. The molecule has 5 rings (SSSR count). The minimum absolute atomic E-state index is 0.0570. The van der Waals surface area contributed by atoms with Gasteiger partial charge >= 0.3 is 0 Å². The zero-order chi connectivity index (χ0) is 30.9. The van der Waals surface area contributed by atoms with Gasteiger partial charge in [0.2, 0.25) is 5.91 Å². The molecule has 11 heteroatoms. The highest BCUT2D eigenvalue weighted by Crippen LogP contribution is 2.34. The van der Waals surface area contributed by atoms with Crippen molar-refractivity contribution < 1.29 is 22.3 Å². The monoisotopic (exact) mass is 607 g/mol. The molecule has 1 aliphatic rings. The van der Waals surface area contributed by atoms with Crippen molar-refractivity contribution in [2.24, 2.45) is 0 Å². The number of aryl methyl sites for hydroxylation is 1. The van der Waals surface area contributed by atoms with Gasteiger partial charge in [0.05, 0.1) is 39.5 Å². The van der Waals surface area contributed by atoms with Crippen LogP contribution in [0.25, 0.3) is 10.9 Å². The van der Waals surface area contributed by atoms with Gasteiger partial charge < -0.3 is 15.0 Å². The number of benzene rings is 2. The first-order chi connectivity index (χ1) is 20.3. The van der Waals surface area contributed by atoms with Crippen molar-refractivity contribution in [1.82, 2.24) is 19.7 Å². The number of pyridine rings is 1. The van der Waals surface area contributed by atoms with Crippen molar-refractivity contribution in [2.75, 3.05) is 25.0 Å². The molecule has 0 radical (unpaired) electrons. The average molecular weight is 608 g/mol. The highest BCUT2D eigenvalue weighted by molar-refractivity contribution is 7.92. The molecule has 0 bridgehead atoms. The molecule has 0 unspecified atom stereocenters. The molecule has 3 heterocycles. The van der Waals surface area contributed by atoms with E-state index in [9.17, 15) is 17.6 Å². The van der Waals surface area contributed by atoms with Crippen molar-refractivity contribution >= 4 is 32.3 Å². The number of sulfone groups is 1. The maximum atomic E-state index is 15.0. The highest BCUT2D eigenvalue weighted by Gasteiger charge is 2.39. The van der Waals surface area contributed by atoms with Gasteiger partial charge in [-0.05, 0) is 88.7 Å². The predicted molar refractivity (Wildman–Crippen MR) is 165 cm³/mol. The third-order valence-electron chi connectivity index (χ3n) is 7.79. The standard InChI is InChI=1S/C32H38FN5O4S/c1-6-37-14-12-30(26(33)20-37)43(40,41)24-8-9-27-25(17-24)29(11-13-34-27)42-28-10-7-22(15-21(28)2)16-31(39)36-23-18-35-38(19-23)32(3,4)5/h7-11,13,15,17-19,26,30H,6,12,14,16,20H2,1-5H3,(H,36,39)/t26-,30-/m0/s1. The number of piperidine rings is 1. The van der Waals surface area contributed by atoms with Gasteiger partial charge in [-0.2, -0.15) is 5.10 Å². The predicted octanol–water partition coefficient (Wildman–Crippen LogP) is 5.67. The van der Waals surface area contributed by atoms with Crippen molar-refractivity contribution in [1.29, 1.82) is 0 Å². The summed E-state index contributed by atoms with van der Waals surface area (Å²) in [6.07, 6.45) is 4.00. The van der Waals surface area contributed by atoms with Crippen molar-refractivity contribution in [3.8, 4) is 11.5 Å². The van der Waals surface area contributed by atoms with E-state index in [0.717, 1.165) is 11.1 Å². The number of hydrogen-bond donors (Lipinski definition) is 1. The Labute approximate surface area is 252 Å². The zero-order valence-corrected chi connectivity index (χ0v) is 26.0. The number of halogens is 1. The molecule has 0 aliphatic carbocycles. The van der Waals surface area contributed by atoms with Crippen LogP contribution in [0.1, 0.15) is 45.2 Å². The molecule has 1 aliphatic heterocycles. The molecule has 4 aromatic rings. The van der Waals surface area contributed by atoms with E-state index in [1.165, 1.54) is 12.1 Å². The fourth-order valence-corrected chi connectivity index (χ4v) is 7.10. The first-order valence-corrected chi connectivity index (χ1v) is 16.0. The Morgan fingerprint density at radius 1 is 1.14 bits per heavy atom. The lowest BCUT2D eigenvalue weighted by Crippen LogP contribution is -2.47. The van der Waals surface area contributed by atoms with E-state index in [0.29, 0.717) is 41.2 Å². The second-order valence-electron chi connectivity index (χ2n) is 12.0. The van der Waals surface area contributed by atoms with E-state index in [1.807, 2.05) is 51.7 Å². The first kappa shape index (κ1) is 30.6. The van der Waals surface area contributed by atoms with Crippen LogP contribution in [-0.2, 0) is 26.6 Å². The van der Waals surface area contributed by atoms with Crippen LogP contribution in [0.5, 0.6) is 11.5 Å². The summed E-state index contributed by atoms with van der Waals surface area (Å²) < 4.78 is 50.0. The van der Waals surface area contributed by atoms with E-state index in [4.69, 9.17) is 4.74 Å². The Kier molecular flexibility index (Phi) is 8.58. The fraction of sp³-hybridized carbons (Fsp3) is 0.406. The Morgan fingerprint density at radius 3 is 2.60 bits per heavy atom. The molecule has 1 N–H and O–H groups in total. The molecule has 0 spiro atoms. The second-order valence-corrected chi connectivity index (χ2v) is 14.2. The summed E-state index contributed by atoms with van der Waals surface area (Å²) in [5, 5.41) is 6.64. The number of anilines is 1. The fourth-order valence-electron chi connectivity index (χ4n) is 5.32. The van der Waals surface area contributed by atoms with Crippen LogP contribution in [0.2, 0.25) is 0 Å². The Morgan fingerprint density at radius 2 is 1.93 bits per heavy atom. The number of rotatable bonds is 8. The average Bonchev–Trinajstić information content (AvgIpc) is 3.43. The number of aromatic nitrogens is 3. The van der Waals surface area contributed by atoms with Gasteiger partial charge in [0.1, 0.15) is 17.7 Å². The third kappa shape index (κ3) is 6.73. The SMILES string of the molecule is CCN1CC[C@H](S(=O)(=O)c2ccc3nccc(Oc4ccc(CC(=O)Nc5cnn(C(C)(C)C)c5)cc4C)c3c2)[C@@H](F)C1. The molecule has 2 aromatic heterocycles. The van der Waals surface area contributed by atoms with Crippen LogP contribution < -0.4 is 10.1 Å². The van der Waals surface area contributed by atoms with Crippen LogP contribution in [0, 0.1) is 6.92 Å². The number of ether oxygens (including phenoxy) is 1. The van der Waals surface area contributed by atoms with E-state index in [1.54, 1.807) is 41.5 Å². The Hall–Kier alpha value is -3.83. The number of amides is 1. The highest BCUT2D eigenvalue weighted by atomic mass is 32.2. The number of nitrogens with one attached hydrogen (secondary N) is 1. The normalized spacial score (nSPS) is 18.1. The molecule has 9 nitrogen and oxygen atoms in total. The van der Waals surface area contributed by atoms with Gasteiger partial charge in [0, 0.05) is 24.3 Å². The molecule has 43 heavy (non-hydrogen) atoms. The summed E-state index contributed by atoms with van der Waals surface area (Å²) in [6.45, 7) is 11.3. The number of carbonyl (C=O) groups excluding carboxylic acids is 1. The molecule has 2 aromatic carbocycles. The minimum Gasteiger partial charge on any atom is -0.456 e. The molecule has 0 saturated carbocycles. The van der Waals surface area contributed by atoms with Crippen molar-refractivity contribution in [2.45, 2.75) is 69.3 Å². The van der Waals surface area contributed by atoms with E-state index < -0.39 is 21.3 Å². The Bertz CT molecular complexity index is 1750. The molecule has 2 atom stereocenters. The van der Waals surface area contributed by atoms with Crippen LogP contribution in [0.3, 0.4) is 0 Å². The summed E-state index contributed by atoms with van der Waals surface area (Å²) in [5.74, 6) is 0.836. The van der Waals surface area contributed by atoms with Gasteiger partial charge in [-0.3, -0.25) is 14.5 Å². The third-order valence-corrected chi connectivity index (χ3v) is 10.0. The second kappa shape index (κ2) is 12.0. The van der Waals surface area contributed by atoms with Crippen LogP contribution >= 0.6 is 0 Å². The van der Waals surface area contributed by atoms with Crippen molar-refractivity contribution in [3.05, 3.63) is 72.2 Å². The number of alkyl halides is 1. The van der Waals surface area contributed by atoms with E-state index in [2.05, 4.69) is 15.4 Å². The molecule has 1 amide bonds. The first-order valence-electron chi connectivity index (χ1n) is 14.5. The minimum atomic E-state index is -3.91. The van der Waals surface area contributed by atoms with Crippen LogP contribution in [0.4, 0.5) is 10.1 Å². The number of hydrogen-bond acceptors (Lipinski definition) is 7. The maximum Gasteiger partial charge on any atom is 0.228 e. The lowest BCUT2D eigenvalue weighted by atomic mass is 10.1. The van der Waals surface area contributed by atoms with Gasteiger partial charge in [0.25, 0.3) is 0 Å². The van der Waals surface area contributed by atoms with E-state index >= 15 is 0 Å². The number of nitrogens with zero attached hydrogens (tertiary/aromatic N) is 4. The van der Waals surface area contributed by atoms with Gasteiger partial charge in [-0.15, -0.1) is 0 Å². The summed E-state index contributed by atoms with van der Waals surface area (Å²) in [6, 6.07) is 11.8. The quantitative estimate of drug-likeness (QED) is 0.275. The van der Waals surface area contributed by atoms with Crippen LogP contribution in [0.15, 0.2) is 66.0 Å². The zero-order valence-electron chi connectivity index (χ0n) is 25.2. The van der Waals surface area contributed by atoms with Crippen molar-refractivity contribution in [3.63, 3.8) is 0 Å². The largest absolute Gasteiger partial charge is 0.456 e. The maximum absolute atomic E-state index is 15.0. The number of likely N-dealkylation sites (tertiary alicyclic amines) is 1. The summed E-state index contributed by atoms with van der Waals surface area (Å²) >= 11 is 0. The molecule has 1 fully saturated rings. The van der Waals surface area contributed by atoms with Gasteiger partial charge in [-0.1, -0.05) is 19.1 Å². The number of fused-ring (bicyclic) bond motifs is 1. The smallest absolute Gasteiger partial charge is 0.228 e. The number of carbonyl (C=O) groups is 1. The topological polar surface area (TPSA) is 106 Å². The van der Waals surface area contributed by atoms with Crippen LogP contribution in [-0.4, -0.2) is 65.0 Å². The van der Waals surface area contributed by atoms with E-state index in [-0.39, 0.29) is 35.7 Å². The lowest BCUT2D eigenvalue weighted by Gasteiger charge is -2.33. The van der Waals surface area contributed by atoms with Gasteiger partial charge in [-0.25, -0.2) is 12.8 Å². The molecule has 1 saturated heterocycles. The van der Waals surface area contributed by atoms with Gasteiger partial charge in [0.15, 0.2) is 9.84 Å².